The van der Waals surface area contributed by atoms with Gasteiger partial charge in [0.15, 0.2) is 0 Å². The van der Waals surface area contributed by atoms with Crippen LogP contribution in [0, 0.1) is 0 Å². The van der Waals surface area contributed by atoms with Crippen LogP contribution in [0.3, 0.4) is 0 Å². The molecule has 0 fully saturated rings. The first-order valence-corrected chi connectivity index (χ1v) is 9.66. The minimum Gasteiger partial charge on any atom is -0.393 e. The van der Waals surface area contributed by atoms with Crippen LogP contribution < -0.4 is 21.3 Å². The van der Waals surface area contributed by atoms with Crippen LogP contribution in [-0.4, -0.2) is 70.7 Å². The van der Waals surface area contributed by atoms with Crippen LogP contribution >= 0.6 is 0 Å². The molecular weight excluding hydrogens is 392 g/mol. The molecule has 0 spiro atoms. The van der Waals surface area contributed by atoms with E-state index in [2.05, 4.69) is 27.8 Å². The third-order valence-electron chi connectivity index (χ3n) is 4.27. The van der Waals surface area contributed by atoms with Crippen molar-refractivity contribution in [2.75, 3.05) is 6.54 Å². The zero-order chi connectivity index (χ0) is 22.7. The Morgan fingerprint density at radius 2 is 2.07 bits per heavy atom. The third kappa shape index (κ3) is 9.01. The molecule has 0 aliphatic carbocycles. The summed E-state index contributed by atoms with van der Waals surface area (Å²) in [6.07, 6.45) is 4.53. The molecule has 0 radical (unpaired) electrons. The molecule has 1 heterocycles. The minimum absolute atomic E-state index is 0.110. The largest absolute Gasteiger partial charge is 0.393 e. The molecule has 3 unspecified atom stereocenters. The summed E-state index contributed by atoms with van der Waals surface area (Å²) in [6.45, 7) is 6.61. The van der Waals surface area contributed by atoms with E-state index >= 15 is 0 Å². The number of hydrogen-bond donors (Lipinski definition) is 6. The zero-order valence-electron chi connectivity index (χ0n) is 17.1. The highest BCUT2D eigenvalue weighted by Crippen LogP contribution is 2.06. The number of hydrogen-bond acceptors (Lipinski definition) is 6. The lowest BCUT2D eigenvalue weighted by Gasteiger charge is -2.26. The summed E-state index contributed by atoms with van der Waals surface area (Å²) >= 11 is 0. The number of allylic oxidation sites excluding steroid dienone is 2. The molecule has 0 aromatic heterocycles. The van der Waals surface area contributed by atoms with Crippen LogP contribution in [0.25, 0.3) is 0 Å². The predicted molar refractivity (Wildman–Crippen MR) is 110 cm³/mol. The first kappa shape index (κ1) is 25.1. The highest BCUT2D eigenvalue weighted by atomic mass is 16.3. The summed E-state index contributed by atoms with van der Waals surface area (Å²) < 4.78 is 0. The van der Waals surface area contributed by atoms with E-state index in [1.807, 2.05) is 0 Å². The van der Waals surface area contributed by atoms with Gasteiger partial charge in [0.1, 0.15) is 12.1 Å². The molecule has 10 nitrogen and oxygen atoms in total. The second kappa shape index (κ2) is 12.6. The van der Waals surface area contributed by atoms with E-state index in [0.29, 0.717) is 0 Å². The highest BCUT2D eigenvalue weighted by Gasteiger charge is 2.31. The molecule has 6 N–H and O–H groups in total. The fourth-order valence-electron chi connectivity index (χ4n) is 2.67. The van der Waals surface area contributed by atoms with Gasteiger partial charge < -0.3 is 31.5 Å². The van der Waals surface area contributed by atoms with Crippen molar-refractivity contribution in [2.45, 2.75) is 57.0 Å². The van der Waals surface area contributed by atoms with Crippen LogP contribution in [0.5, 0.6) is 0 Å². The quantitative estimate of drug-likeness (QED) is 0.224. The number of aliphatic hydroxyl groups excluding tert-OH is 2. The monoisotopic (exact) mass is 422 g/mol. The van der Waals surface area contributed by atoms with Crippen LogP contribution in [0.4, 0.5) is 0 Å². The van der Waals surface area contributed by atoms with E-state index in [9.17, 15) is 29.4 Å². The molecule has 0 aromatic rings. The Morgan fingerprint density at radius 3 is 2.70 bits per heavy atom. The molecule has 0 bridgehead atoms. The van der Waals surface area contributed by atoms with Gasteiger partial charge in [0.2, 0.25) is 23.6 Å². The summed E-state index contributed by atoms with van der Waals surface area (Å²) in [5.74, 6) is -2.30. The maximum Gasteiger partial charge on any atom is 0.245 e. The SMILES string of the molecule is C=C/C=C/C(=O)NC(C(=O)N[C@H]1C[C@H](O)CCNC(=O)/C=C/C(C)NC1=O)C(C)O. The van der Waals surface area contributed by atoms with Gasteiger partial charge in [0.25, 0.3) is 0 Å². The van der Waals surface area contributed by atoms with Crippen molar-refractivity contribution in [1.29, 1.82) is 0 Å². The topological polar surface area (TPSA) is 157 Å². The number of rotatable bonds is 6. The first-order valence-electron chi connectivity index (χ1n) is 9.66. The van der Waals surface area contributed by atoms with Gasteiger partial charge in [0.05, 0.1) is 12.2 Å². The fourth-order valence-corrected chi connectivity index (χ4v) is 2.67. The molecule has 30 heavy (non-hydrogen) atoms. The number of aliphatic hydroxyl groups is 2. The maximum atomic E-state index is 12.7. The van der Waals surface area contributed by atoms with Gasteiger partial charge in [-0.3, -0.25) is 19.2 Å². The van der Waals surface area contributed by atoms with E-state index in [4.69, 9.17) is 0 Å². The Labute approximate surface area is 175 Å². The molecule has 10 heteroatoms. The van der Waals surface area contributed by atoms with Gasteiger partial charge in [0, 0.05) is 31.2 Å². The Hall–Kier alpha value is -2.98. The molecule has 0 saturated carbocycles. The average molecular weight is 422 g/mol. The second-order valence-corrected chi connectivity index (χ2v) is 7.01. The van der Waals surface area contributed by atoms with Crippen LogP contribution in [-0.2, 0) is 19.2 Å². The molecule has 4 amide bonds. The van der Waals surface area contributed by atoms with Crippen molar-refractivity contribution < 1.29 is 29.4 Å². The van der Waals surface area contributed by atoms with Gasteiger partial charge in [-0.25, -0.2) is 0 Å². The normalized spacial score (nSPS) is 26.2. The summed E-state index contributed by atoms with van der Waals surface area (Å²) in [4.78, 5) is 48.7. The predicted octanol–water partition coefficient (Wildman–Crippen LogP) is -1.59. The van der Waals surface area contributed by atoms with Crippen LogP contribution in [0.2, 0.25) is 0 Å². The highest BCUT2D eigenvalue weighted by molar-refractivity contribution is 5.95. The Morgan fingerprint density at radius 1 is 1.37 bits per heavy atom. The second-order valence-electron chi connectivity index (χ2n) is 7.01. The first-order chi connectivity index (χ1) is 14.1. The van der Waals surface area contributed by atoms with E-state index in [0.717, 1.165) is 6.08 Å². The number of carbonyl (C=O) groups is 4. The summed E-state index contributed by atoms with van der Waals surface area (Å²) in [5.41, 5.74) is 0. The Balaban J connectivity index is 2.95. The molecule has 0 saturated heterocycles. The average Bonchev–Trinajstić information content (AvgIpc) is 2.67. The lowest BCUT2D eigenvalue weighted by molar-refractivity contribution is -0.134. The molecule has 166 valence electrons. The zero-order valence-corrected chi connectivity index (χ0v) is 17.1. The van der Waals surface area contributed by atoms with E-state index in [1.54, 1.807) is 6.92 Å². The summed E-state index contributed by atoms with van der Waals surface area (Å²) in [6, 6.07) is -2.93. The maximum absolute atomic E-state index is 12.7. The van der Waals surface area contributed by atoms with Crippen molar-refractivity contribution in [3.05, 3.63) is 37.0 Å². The van der Waals surface area contributed by atoms with Crippen LogP contribution in [0.1, 0.15) is 26.7 Å². The van der Waals surface area contributed by atoms with Crippen molar-refractivity contribution in [3.8, 4) is 0 Å². The van der Waals surface area contributed by atoms with E-state index in [-0.39, 0.29) is 25.3 Å². The lowest BCUT2D eigenvalue weighted by Crippen LogP contribution is -2.58. The molecular formula is C20H30N4O6. The number of carbonyl (C=O) groups excluding carboxylic acids is 4. The van der Waals surface area contributed by atoms with Gasteiger partial charge in [-0.2, -0.15) is 0 Å². The Bertz CT molecular complexity index is 703. The van der Waals surface area contributed by atoms with Crippen molar-refractivity contribution in [3.63, 3.8) is 0 Å². The number of amides is 4. The fraction of sp³-hybridized carbons (Fsp3) is 0.500. The van der Waals surface area contributed by atoms with Crippen molar-refractivity contribution in [2.24, 2.45) is 0 Å². The molecule has 1 rings (SSSR count). The Kier molecular flexibility index (Phi) is 10.5. The molecule has 0 aromatic carbocycles. The smallest absolute Gasteiger partial charge is 0.245 e. The lowest BCUT2D eigenvalue weighted by atomic mass is 10.0. The van der Waals surface area contributed by atoms with Gasteiger partial charge in [-0.1, -0.05) is 24.8 Å². The molecule has 1 aliphatic rings. The van der Waals surface area contributed by atoms with E-state index < -0.39 is 48.1 Å². The van der Waals surface area contributed by atoms with Crippen LogP contribution in [0.15, 0.2) is 37.0 Å². The van der Waals surface area contributed by atoms with Crippen molar-refractivity contribution in [1.82, 2.24) is 21.3 Å². The van der Waals surface area contributed by atoms with E-state index in [1.165, 1.54) is 31.2 Å². The van der Waals surface area contributed by atoms with Gasteiger partial charge in [-0.15, -0.1) is 0 Å². The summed E-state index contributed by atoms with van der Waals surface area (Å²) in [7, 11) is 0. The summed E-state index contributed by atoms with van der Waals surface area (Å²) in [5, 5.41) is 30.2. The third-order valence-corrected chi connectivity index (χ3v) is 4.27. The minimum atomic E-state index is -1.31. The molecule has 1 aliphatic heterocycles. The standard InChI is InChI=1S/C20H30N4O6/c1-4-5-6-17(28)24-18(13(3)25)20(30)23-15-11-14(26)9-10-21-16(27)8-7-12(2)22-19(15)29/h4-8,12-15,18,25-26H,1,9-11H2,2-3H3,(H,21,27)(H,22,29)(H,23,30)(H,24,28)/b6-5+,8-7+/t12?,13?,14-,15+,18?/m1/s1. The van der Waals surface area contributed by atoms with Crippen molar-refractivity contribution >= 4 is 23.6 Å². The van der Waals surface area contributed by atoms with Gasteiger partial charge >= 0.3 is 0 Å². The van der Waals surface area contributed by atoms with Gasteiger partial charge in [-0.05, 0) is 20.3 Å². The molecule has 5 atom stereocenters. The number of nitrogens with one attached hydrogen (secondary N) is 4.